The van der Waals surface area contributed by atoms with Crippen molar-refractivity contribution in [1.82, 2.24) is 15.3 Å². The third-order valence-electron chi connectivity index (χ3n) is 1.74. The van der Waals surface area contributed by atoms with Crippen molar-refractivity contribution in [3.63, 3.8) is 0 Å². The lowest BCUT2D eigenvalue weighted by molar-refractivity contribution is -0.122. The molecule has 0 aliphatic carbocycles. The molecule has 16 heavy (non-hydrogen) atoms. The Balaban J connectivity index is 2.24. The van der Waals surface area contributed by atoms with E-state index in [0.717, 1.165) is 0 Å². The van der Waals surface area contributed by atoms with Crippen molar-refractivity contribution in [2.24, 2.45) is 0 Å². The summed E-state index contributed by atoms with van der Waals surface area (Å²) in [5.74, 6) is 0.718. The van der Waals surface area contributed by atoms with Gasteiger partial charge < -0.3 is 10.6 Å². The molecule has 0 saturated heterocycles. The van der Waals surface area contributed by atoms with Crippen molar-refractivity contribution in [3.8, 4) is 0 Å². The number of amides is 1. The second kappa shape index (κ2) is 5.44. The molecule has 0 aliphatic heterocycles. The standard InChI is InChI=1S/C11H18N4O/c1-11(2,3)15-10(16)4-5-13-9-8-12-6-7-14-9/h6-8H,4-5H2,1-3H3,(H,13,14)(H,15,16). The highest BCUT2D eigenvalue weighted by Crippen LogP contribution is 2.00. The summed E-state index contributed by atoms with van der Waals surface area (Å²) in [5, 5.41) is 5.92. The molecule has 1 aromatic heterocycles. The number of aromatic nitrogens is 2. The number of nitrogens with zero attached hydrogens (tertiary/aromatic N) is 2. The van der Waals surface area contributed by atoms with E-state index in [2.05, 4.69) is 20.6 Å². The zero-order chi connectivity index (χ0) is 12.0. The molecule has 88 valence electrons. The highest BCUT2D eigenvalue weighted by molar-refractivity contribution is 5.77. The van der Waals surface area contributed by atoms with Crippen molar-refractivity contribution < 1.29 is 4.79 Å². The first kappa shape index (κ1) is 12.4. The number of nitrogens with one attached hydrogen (secondary N) is 2. The van der Waals surface area contributed by atoms with Gasteiger partial charge in [-0.15, -0.1) is 0 Å². The van der Waals surface area contributed by atoms with Crippen LogP contribution in [0, 0.1) is 0 Å². The minimum absolute atomic E-state index is 0.0314. The van der Waals surface area contributed by atoms with E-state index >= 15 is 0 Å². The Labute approximate surface area is 95.7 Å². The van der Waals surface area contributed by atoms with Crippen molar-refractivity contribution in [3.05, 3.63) is 18.6 Å². The molecule has 1 amide bonds. The van der Waals surface area contributed by atoms with Crippen molar-refractivity contribution in [1.29, 1.82) is 0 Å². The Bertz CT molecular complexity index is 332. The second-order valence-electron chi connectivity index (χ2n) is 4.57. The van der Waals surface area contributed by atoms with Crippen LogP contribution in [0.2, 0.25) is 0 Å². The summed E-state index contributed by atoms with van der Waals surface area (Å²) in [6, 6.07) is 0. The highest BCUT2D eigenvalue weighted by Gasteiger charge is 2.12. The lowest BCUT2D eigenvalue weighted by Gasteiger charge is -2.20. The summed E-state index contributed by atoms with van der Waals surface area (Å²) in [6.45, 7) is 6.43. The van der Waals surface area contributed by atoms with Crippen LogP contribution in [0.3, 0.4) is 0 Å². The normalized spacial score (nSPS) is 10.9. The Kier molecular flexibility index (Phi) is 4.22. The molecular weight excluding hydrogens is 204 g/mol. The van der Waals surface area contributed by atoms with Gasteiger partial charge in [-0.05, 0) is 20.8 Å². The van der Waals surface area contributed by atoms with Crippen LogP contribution in [0.25, 0.3) is 0 Å². The summed E-state index contributed by atoms with van der Waals surface area (Å²) < 4.78 is 0. The number of anilines is 1. The largest absolute Gasteiger partial charge is 0.368 e. The molecule has 0 saturated carbocycles. The summed E-state index contributed by atoms with van der Waals surface area (Å²) in [7, 11) is 0. The maximum atomic E-state index is 11.5. The molecule has 0 radical (unpaired) electrons. The minimum Gasteiger partial charge on any atom is -0.368 e. The molecule has 0 bridgehead atoms. The fraction of sp³-hybridized carbons (Fsp3) is 0.545. The zero-order valence-corrected chi connectivity index (χ0v) is 9.95. The van der Waals surface area contributed by atoms with E-state index in [1.165, 1.54) is 0 Å². The van der Waals surface area contributed by atoms with Gasteiger partial charge in [0.2, 0.25) is 5.91 Å². The first-order valence-corrected chi connectivity index (χ1v) is 5.28. The van der Waals surface area contributed by atoms with E-state index in [-0.39, 0.29) is 11.4 Å². The molecule has 0 unspecified atom stereocenters. The summed E-state index contributed by atoms with van der Waals surface area (Å²) in [4.78, 5) is 19.4. The minimum atomic E-state index is -0.177. The zero-order valence-electron chi connectivity index (χ0n) is 9.95. The smallest absolute Gasteiger partial charge is 0.222 e. The van der Waals surface area contributed by atoms with Crippen LogP contribution in [-0.4, -0.2) is 28.0 Å². The van der Waals surface area contributed by atoms with Crippen LogP contribution in [0.4, 0.5) is 5.82 Å². The first-order chi connectivity index (χ1) is 7.47. The van der Waals surface area contributed by atoms with E-state index in [1.54, 1.807) is 18.6 Å². The third-order valence-corrected chi connectivity index (χ3v) is 1.74. The second-order valence-corrected chi connectivity index (χ2v) is 4.57. The molecule has 0 aliphatic rings. The predicted molar refractivity (Wildman–Crippen MR) is 63.0 cm³/mol. The molecule has 1 rings (SSSR count). The molecule has 5 heteroatoms. The Hall–Kier alpha value is -1.65. The van der Waals surface area contributed by atoms with E-state index in [0.29, 0.717) is 18.8 Å². The predicted octanol–water partition coefficient (Wildman–Crippen LogP) is 1.19. The van der Waals surface area contributed by atoms with Crippen LogP contribution < -0.4 is 10.6 Å². The van der Waals surface area contributed by atoms with Crippen molar-refractivity contribution >= 4 is 11.7 Å². The Morgan fingerprint density at radius 3 is 2.69 bits per heavy atom. The lowest BCUT2D eigenvalue weighted by atomic mass is 10.1. The molecule has 0 atom stereocenters. The lowest BCUT2D eigenvalue weighted by Crippen LogP contribution is -2.41. The molecular formula is C11H18N4O. The molecule has 2 N–H and O–H groups in total. The number of hydrogen-bond donors (Lipinski definition) is 2. The average molecular weight is 222 g/mol. The van der Waals surface area contributed by atoms with Gasteiger partial charge in [0.25, 0.3) is 0 Å². The number of rotatable bonds is 4. The average Bonchev–Trinajstić information content (AvgIpc) is 2.16. The van der Waals surface area contributed by atoms with E-state index < -0.39 is 0 Å². The van der Waals surface area contributed by atoms with Crippen LogP contribution in [-0.2, 0) is 4.79 Å². The first-order valence-electron chi connectivity index (χ1n) is 5.28. The number of carbonyl (C=O) groups is 1. The number of carbonyl (C=O) groups excluding carboxylic acids is 1. The highest BCUT2D eigenvalue weighted by atomic mass is 16.1. The maximum absolute atomic E-state index is 11.5. The molecule has 5 nitrogen and oxygen atoms in total. The van der Waals surface area contributed by atoms with Gasteiger partial charge in [0, 0.05) is 30.9 Å². The van der Waals surface area contributed by atoms with Gasteiger partial charge in [0.15, 0.2) is 0 Å². The summed E-state index contributed by atoms with van der Waals surface area (Å²) in [5.41, 5.74) is -0.177. The van der Waals surface area contributed by atoms with Gasteiger partial charge >= 0.3 is 0 Å². The van der Waals surface area contributed by atoms with Crippen LogP contribution in [0.5, 0.6) is 0 Å². The van der Waals surface area contributed by atoms with Crippen LogP contribution in [0.1, 0.15) is 27.2 Å². The molecule has 0 spiro atoms. The third kappa shape index (κ3) is 5.29. The SMILES string of the molecule is CC(C)(C)NC(=O)CCNc1cnccn1. The molecule has 0 fully saturated rings. The fourth-order valence-electron chi connectivity index (χ4n) is 1.18. The Morgan fingerprint density at radius 2 is 2.12 bits per heavy atom. The topological polar surface area (TPSA) is 66.9 Å². The van der Waals surface area contributed by atoms with Crippen molar-refractivity contribution in [2.45, 2.75) is 32.7 Å². The number of hydrogen-bond acceptors (Lipinski definition) is 4. The molecule has 0 aromatic carbocycles. The van der Waals surface area contributed by atoms with Crippen LogP contribution >= 0.6 is 0 Å². The summed E-state index contributed by atoms with van der Waals surface area (Å²) >= 11 is 0. The molecule has 1 aromatic rings. The monoisotopic (exact) mass is 222 g/mol. The molecule has 1 heterocycles. The summed E-state index contributed by atoms with van der Waals surface area (Å²) in [6.07, 6.45) is 5.27. The van der Waals surface area contributed by atoms with Gasteiger partial charge in [0.1, 0.15) is 5.82 Å². The van der Waals surface area contributed by atoms with E-state index in [1.807, 2.05) is 20.8 Å². The van der Waals surface area contributed by atoms with Gasteiger partial charge in [-0.2, -0.15) is 0 Å². The van der Waals surface area contributed by atoms with Gasteiger partial charge in [0.05, 0.1) is 6.20 Å². The van der Waals surface area contributed by atoms with E-state index in [4.69, 9.17) is 0 Å². The van der Waals surface area contributed by atoms with Gasteiger partial charge in [-0.3, -0.25) is 9.78 Å². The van der Waals surface area contributed by atoms with Gasteiger partial charge in [-0.25, -0.2) is 4.98 Å². The van der Waals surface area contributed by atoms with Gasteiger partial charge in [-0.1, -0.05) is 0 Å². The Morgan fingerprint density at radius 1 is 1.38 bits per heavy atom. The van der Waals surface area contributed by atoms with Crippen LogP contribution in [0.15, 0.2) is 18.6 Å². The van der Waals surface area contributed by atoms with Crippen molar-refractivity contribution in [2.75, 3.05) is 11.9 Å². The van der Waals surface area contributed by atoms with E-state index in [9.17, 15) is 4.79 Å². The maximum Gasteiger partial charge on any atom is 0.222 e. The fourth-order valence-corrected chi connectivity index (χ4v) is 1.18. The quantitative estimate of drug-likeness (QED) is 0.803.